The molecule has 2 amide bonds. The van der Waals surface area contributed by atoms with Gasteiger partial charge in [0.2, 0.25) is 0 Å². The van der Waals surface area contributed by atoms with E-state index in [2.05, 4.69) is 0 Å². The van der Waals surface area contributed by atoms with Crippen molar-refractivity contribution in [2.75, 3.05) is 13.2 Å². The van der Waals surface area contributed by atoms with Crippen LogP contribution in [0.1, 0.15) is 5.56 Å². The summed E-state index contributed by atoms with van der Waals surface area (Å²) in [7, 11) is 0. The Kier molecular flexibility index (Phi) is 5.23. The number of nitrogens with zero attached hydrogens (tertiary/aromatic N) is 2. The fourth-order valence-corrected chi connectivity index (χ4v) is 4.49. The molecule has 4 aliphatic rings. The first-order valence-electron chi connectivity index (χ1n) is 10.1. The summed E-state index contributed by atoms with van der Waals surface area (Å²) < 4.78 is 17.2. The number of rotatable bonds is 3. The quantitative estimate of drug-likeness (QED) is 0.362. The van der Waals surface area contributed by atoms with E-state index in [9.17, 15) is 30.3 Å². The molecule has 0 spiro atoms. The molecule has 3 fully saturated rings. The van der Waals surface area contributed by atoms with Crippen LogP contribution < -0.4 is 0 Å². The van der Waals surface area contributed by atoms with Crippen LogP contribution in [0.15, 0.2) is 36.5 Å². The van der Waals surface area contributed by atoms with Crippen LogP contribution >= 0.6 is 0 Å². The Morgan fingerprint density at radius 3 is 2.32 bits per heavy atom. The van der Waals surface area contributed by atoms with Gasteiger partial charge < -0.3 is 39.7 Å². The summed E-state index contributed by atoms with van der Waals surface area (Å²) >= 11 is 0. The summed E-state index contributed by atoms with van der Waals surface area (Å²) in [5, 5.41) is 50.8. The van der Waals surface area contributed by atoms with Crippen LogP contribution in [0.4, 0.5) is 4.79 Å². The largest absolute Gasteiger partial charge is 0.394 e. The third-order valence-corrected chi connectivity index (χ3v) is 6.17. The van der Waals surface area contributed by atoms with Crippen molar-refractivity contribution < 1.29 is 44.5 Å². The molecule has 9 atom stereocenters. The van der Waals surface area contributed by atoms with Gasteiger partial charge in [-0.05, 0) is 5.56 Å². The molecule has 11 nitrogen and oxygen atoms in total. The van der Waals surface area contributed by atoms with E-state index in [0.29, 0.717) is 5.57 Å². The topological polar surface area (TPSA) is 152 Å². The Labute approximate surface area is 177 Å². The lowest BCUT2D eigenvalue weighted by molar-refractivity contribution is -0.117. The number of carbonyl (C=O) groups excluding carboxylic acids is 1. The van der Waals surface area contributed by atoms with Crippen molar-refractivity contribution in [3.8, 4) is 0 Å². The van der Waals surface area contributed by atoms with Crippen LogP contribution in [0, 0.1) is 0 Å². The highest BCUT2D eigenvalue weighted by Crippen LogP contribution is 2.40. The summed E-state index contributed by atoms with van der Waals surface area (Å²) in [4.78, 5) is 15.7. The van der Waals surface area contributed by atoms with E-state index in [0.717, 1.165) is 15.4 Å². The van der Waals surface area contributed by atoms with Crippen molar-refractivity contribution in [2.24, 2.45) is 0 Å². The molecule has 4 heterocycles. The Bertz CT molecular complexity index is 867. The zero-order chi connectivity index (χ0) is 21.9. The third-order valence-electron chi connectivity index (χ3n) is 6.17. The molecule has 1 aromatic carbocycles. The molecule has 3 saturated heterocycles. The molecule has 4 aliphatic heterocycles. The van der Waals surface area contributed by atoms with Gasteiger partial charge in [0, 0.05) is 11.8 Å². The van der Waals surface area contributed by atoms with Crippen molar-refractivity contribution in [2.45, 2.75) is 55.3 Å². The summed E-state index contributed by atoms with van der Waals surface area (Å²) in [6, 6.07) is 8.37. The highest BCUT2D eigenvalue weighted by molar-refractivity contribution is 5.85. The number of hydrogen-bond donors (Lipinski definition) is 5. The van der Waals surface area contributed by atoms with Crippen LogP contribution in [0.3, 0.4) is 0 Å². The standard InChI is InChI=1S/C20H24N2O9/c23-7-11-13(24)15(26)18(30-11)21-6-10(9-4-2-1-3-5-9)17-22(20(21)28)19-16(27)14(25)12(31-19)8-29-17/h1-6,11-19,23-27H,7-8H2/t11-,12-,13-,14-,15-,16-,17?,18-,19-/m1/s1. The number of hydrogen-bond acceptors (Lipinski definition) is 9. The zero-order valence-electron chi connectivity index (χ0n) is 16.3. The zero-order valence-corrected chi connectivity index (χ0v) is 16.3. The Morgan fingerprint density at radius 2 is 1.65 bits per heavy atom. The lowest BCUT2D eigenvalue weighted by Crippen LogP contribution is -2.62. The molecule has 5 rings (SSSR count). The molecule has 1 aromatic rings. The van der Waals surface area contributed by atoms with Crippen molar-refractivity contribution >= 4 is 11.6 Å². The SMILES string of the molecule is O=C1N([C@@H]2O[C@H](CO)[C@@H](O)[C@H]2O)C=C(c2ccccc2)C2OC[C@H]3O[C@H]([C@H](O)[C@@H]3O)N12. The summed E-state index contributed by atoms with van der Waals surface area (Å²) in [6.45, 7) is -0.582. The first kappa shape index (κ1) is 20.8. The molecule has 168 valence electrons. The van der Waals surface area contributed by atoms with Gasteiger partial charge in [-0.3, -0.25) is 9.80 Å². The molecule has 0 radical (unpaired) electrons. The van der Waals surface area contributed by atoms with E-state index in [-0.39, 0.29) is 6.61 Å². The normalized spacial score (nSPS) is 42.4. The second-order valence-corrected chi connectivity index (χ2v) is 8.01. The van der Waals surface area contributed by atoms with Crippen LogP contribution in [0.5, 0.6) is 0 Å². The third kappa shape index (κ3) is 3.17. The Morgan fingerprint density at radius 1 is 0.935 bits per heavy atom. The first-order chi connectivity index (χ1) is 14.9. The number of carbonyl (C=O) groups is 1. The minimum atomic E-state index is -1.48. The summed E-state index contributed by atoms with van der Waals surface area (Å²) in [5.41, 5.74) is 1.25. The monoisotopic (exact) mass is 436 g/mol. The minimum Gasteiger partial charge on any atom is -0.394 e. The van der Waals surface area contributed by atoms with E-state index >= 15 is 0 Å². The molecular weight excluding hydrogens is 412 g/mol. The van der Waals surface area contributed by atoms with Gasteiger partial charge >= 0.3 is 6.03 Å². The number of amides is 2. The highest BCUT2D eigenvalue weighted by Gasteiger charge is 2.56. The molecule has 11 heteroatoms. The van der Waals surface area contributed by atoms with Crippen LogP contribution in [-0.4, -0.2) is 110 Å². The van der Waals surface area contributed by atoms with Gasteiger partial charge in [-0.15, -0.1) is 0 Å². The van der Waals surface area contributed by atoms with Crippen molar-refractivity contribution in [3.05, 3.63) is 42.1 Å². The number of fused-ring (bicyclic) bond motifs is 4. The van der Waals surface area contributed by atoms with Gasteiger partial charge in [0.1, 0.15) is 36.6 Å². The van der Waals surface area contributed by atoms with Gasteiger partial charge in [0.05, 0.1) is 13.2 Å². The summed E-state index contributed by atoms with van der Waals surface area (Å²) in [5.74, 6) is 0. The Hall–Kier alpha value is -2.09. The van der Waals surface area contributed by atoms with E-state index in [1.54, 1.807) is 0 Å². The van der Waals surface area contributed by atoms with Crippen molar-refractivity contribution in [1.29, 1.82) is 0 Å². The van der Waals surface area contributed by atoms with Gasteiger partial charge in [-0.2, -0.15) is 0 Å². The second kappa shape index (κ2) is 7.80. The summed E-state index contributed by atoms with van der Waals surface area (Å²) in [6.07, 6.45) is -9.26. The molecule has 0 aliphatic carbocycles. The second-order valence-electron chi connectivity index (χ2n) is 8.01. The van der Waals surface area contributed by atoms with Crippen LogP contribution in [0.2, 0.25) is 0 Å². The number of benzene rings is 1. The Balaban J connectivity index is 1.58. The van der Waals surface area contributed by atoms with Gasteiger partial charge in [0.15, 0.2) is 18.7 Å². The van der Waals surface area contributed by atoms with Gasteiger partial charge in [-0.25, -0.2) is 4.79 Å². The van der Waals surface area contributed by atoms with E-state index in [4.69, 9.17) is 14.2 Å². The average Bonchev–Trinajstić information content (AvgIpc) is 3.12. The maximum atomic E-state index is 13.5. The van der Waals surface area contributed by atoms with E-state index < -0.39 is 67.9 Å². The van der Waals surface area contributed by atoms with Crippen LogP contribution in [-0.2, 0) is 14.2 Å². The van der Waals surface area contributed by atoms with Gasteiger partial charge in [-0.1, -0.05) is 30.3 Å². The minimum absolute atomic E-state index is 0.0405. The number of urea groups is 1. The maximum absolute atomic E-state index is 13.5. The van der Waals surface area contributed by atoms with Crippen molar-refractivity contribution in [3.63, 3.8) is 0 Å². The smallest absolute Gasteiger partial charge is 0.330 e. The van der Waals surface area contributed by atoms with E-state index in [1.807, 2.05) is 30.3 Å². The highest BCUT2D eigenvalue weighted by atomic mass is 16.6. The average molecular weight is 436 g/mol. The molecule has 0 saturated carbocycles. The fraction of sp³-hybridized carbons (Fsp3) is 0.550. The van der Waals surface area contributed by atoms with E-state index in [1.165, 1.54) is 6.20 Å². The first-order valence-corrected chi connectivity index (χ1v) is 10.1. The molecule has 5 N–H and O–H groups in total. The predicted molar refractivity (Wildman–Crippen MR) is 102 cm³/mol. The lowest BCUT2D eigenvalue weighted by atomic mass is 10.0. The molecule has 31 heavy (non-hydrogen) atoms. The number of aliphatic hydroxyl groups excluding tert-OH is 5. The number of aliphatic hydroxyl groups is 5. The fourth-order valence-electron chi connectivity index (χ4n) is 4.49. The van der Waals surface area contributed by atoms with Gasteiger partial charge in [0.25, 0.3) is 0 Å². The molecule has 1 unspecified atom stereocenters. The molecular formula is C20H24N2O9. The van der Waals surface area contributed by atoms with Crippen LogP contribution in [0.25, 0.3) is 5.57 Å². The maximum Gasteiger partial charge on any atom is 0.330 e. The molecule has 2 bridgehead atoms. The predicted octanol–water partition coefficient (Wildman–Crippen LogP) is -1.99. The molecule has 0 aromatic heterocycles. The van der Waals surface area contributed by atoms with Crippen molar-refractivity contribution in [1.82, 2.24) is 9.80 Å². The number of ether oxygens (including phenoxy) is 3. The lowest BCUT2D eigenvalue weighted by Gasteiger charge is -2.44.